The van der Waals surface area contributed by atoms with Gasteiger partial charge in [0.1, 0.15) is 0 Å². The molecule has 38 valence electrons. The molecule has 1 aliphatic rings. The van der Waals surface area contributed by atoms with Crippen LogP contribution in [0.1, 0.15) is 0 Å². The highest BCUT2D eigenvalue weighted by Crippen LogP contribution is 2.06. The number of hydrogen-bond donors (Lipinski definition) is 2. The Balaban J connectivity index is 2.77. The minimum absolute atomic E-state index is 1.30. The van der Waals surface area contributed by atoms with Crippen LogP contribution < -0.4 is 5.73 Å². The zero-order valence-electron chi connectivity index (χ0n) is 3.57. The van der Waals surface area contributed by atoms with Gasteiger partial charge in [-0.3, -0.25) is 5.73 Å². The first-order chi connectivity index (χ1) is 3.21. The van der Waals surface area contributed by atoms with Crippen LogP contribution in [0.5, 0.6) is 0 Å². The molecule has 4 heteroatoms. The molecule has 0 radical (unpaired) electrons. The highest BCUT2D eigenvalue weighted by atomic mass is 16.3. The number of nitrogens with two attached hydrogens (primary N) is 1. The van der Waals surface area contributed by atoms with Gasteiger partial charge in [-0.05, 0) is 0 Å². The van der Waals surface area contributed by atoms with E-state index >= 15 is 0 Å². The summed E-state index contributed by atoms with van der Waals surface area (Å²) in [6.45, 7) is 0. The zero-order valence-corrected chi connectivity index (χ0v) is 3.57. The number of azo groups is 1. The first-order valence-corrected chi connectivity index (χ1v) is 1.82. The van der Waals surface area contributed by atoms with Gasteiger partial charge < -0.3 is 5.11 Å². The van der Waals surface area contributed by atoms with Crippen molar-refractivity contribution in [3.8, 4) is 0 Å². The van der Waals surface area contributed by atoms with Crippen LogP contribution in [0.2, 0.25) is 0 Å². The van der Waals surface area contributed by atoms with E-state index in [9.17, 15) is 0 Å². The molecule has 1 heterocycles. The second-order valence-electron chi connectivity index (χ2n) is 1.31. The van der Waals surface area contributed by atoms with Crippen LogP contribution in [0.3, 0.4) is 0 Å². The Morgan fingerprint density at radius 2 is 2.43 bits per heavy atom. The third-order valence-corrected chi connectivity index (χ3v) is 0.604. The fourth-order valence-electron chi connectivity index (χ4n) is 0.302. The van der Waals surface area contributed by atoms with Crippen molar-refractivity contribution in [3.63, 3.8) is 0 Å². The average Bonchev–Trinajstić information content (AvgIpc) is 1.84. The van der Waals surface area contributed by atoms with E-state index in [1.165, 1.54) is 12.3 Å². The van der Waals surface area contributed by atoms with Crippen LogP contribution in [0.15, 0.2) is 22.5 Å². The summed E-state index contributed by atoms with van der Waals surface area (Å²) in [6, 6.07) is 0. The summed E-state index contributed by atoms with van der Waals surface area (Å²) in [6.07, 6.45) is 2.65. The summed E-state index contributed by atoms with van der Waals surface area (Å²) in [4.78, 5) is 0. The third kappa shape index (κ3) is 0.819. The SMILES string of the molecule is N[C@@]1(O)C=CN=N1. The Morgan fingerprint density at radius 1 is 1.71 bits per heavy atom. The van der Waals surface area contributed by atoms with Gasteiger partial charge in [0.25, 0.3) is 5.85 Å². The molecule has 0 bridgehead atoms. The molecule has 0 aromatic heterocycles. The minimum atomic E-state index is -1.53. The molecular formula is C3H5N3O. The van der Waals surface area contributed by atoms with Gasteiger partial charge in [0.15, 0.2) is 0 Å². The van der Waals surface area contributed by atoms with Crippen molar-refractivity contribution in [2.24, 2.45) is 16.0 Å². The van der Waals surface area contributed by atoms with Gasteiger partial charge in [-0.15, -0.1) is 5.11 Å². The van der Waals surface area contributed by atoms with Gasteiger partial charge in [-0.25, -0.2) is 0 Å². The van der Waals surface area contributed by atoms with E-state index in [2.05, 4.69) is 10.2 Å². The second-order valence-corrected chi connectivity index (χ2v) is 1.31. The molecule has 0 aromatic carbocycles. The minimum Gasteiger partial charge on any atom is -0.353 e. The van der Waals surface area contributed by atoms with Gasteiger partial charge in [0.2, 0.25) is 0 Å². The molecule has 0 saturated carbocycles. The van der Waals surface area contributed by atoms with Crippen molar-refractivity contribution in [1.82, 2.24) is 0 Å². The van der Waals surface area contributed by atoms with E-state index in [0.717, 1.165) is 0 Å². The van der Waals surface area contributed by atoms with Crippen molar-refractivity contribution < 1.29 is 5.11 Å². The van der Waals surface area contributed by atoms with Gasteiger partial charge >= 0.3 is 0 Å². The Bertz CT molecular complexity index is 112. The summed E-state index contributed by atoms with van der Waals surface area (Å²) in [5.41, 5.74) is 4.99. The van der Waals surface area contributed by atoms with Crippen LogP contribution in [0.25, 0.3) is 0 Å². The first kappa shape index (κ1) is 4.42. The molecule has 0 saturated heterocycles. The number of hydrogen-bond acceptors (Lipinski definition) is 4. The van der Waals surface area contributed by atoms with Crippen LogP contribution in [-0.4, -0.2) is 11.0 Å². The quantitative estimate of drug-likeness (QED) is 0.404. The molecule has 4 nitrogen and oxygen atoms in total. The summed E-state index contributed by atoms with van der Waals surface area (Å²) >= 11 is 0. The van der Waals surface area contributed by atoms with Crippen molar-refractivity contribution in [1.29, 1.82) is 0 Å². The maximum absolute atomic E-state index is 8.62. The van der Waals surface area contributed by atoms with E-state index in [1.54, 1.807) is 0 Å². The van der Waals surface area contributed by atoms with Gasteiger partial charge in [0, 0.05) is 6.08 Å². The highest BCUT2D eigenvalue weighted by Gasteiger charge is 2.17. The summed E-state index contributed by atoms with van der Waals surface area (Å²) < 4.78 is 0. The standard InChI is InChI=1S/C3H5N3O/c4-3(7)1-2-5-6-3/h1-2,7H,4H2/t3-/m0/s1. The molecule has 0 fully saturated rings. The van der Waals surface area contributed by atoms with E-state index in [4.69, 9.17) is 10.8 Å². The zero-order chi connectivity index (χ0) is 5.33. The molecule has 0 amide bonds. The fraction of sp³-hybridized carbons (Fsp3) is 0.333. The van der Waals surface area contributed by atoms with Gasteiger partial charge in [-0.2, -0.15) is 5.11 Å². The Labute approximate surface area is 40.4 Å². The molecule has 1 aliphatic heterocycles. The molecule has 0 aliphatic carbocycles. The summed E-state index contributed by atoms with van der Waals surface area (Å²) in [5, 5.41) is 15.1. The number of rotatable bonds is 0. The Kier molecular flexibility index (Phi) is 0.703. The molecule has 1 rings (SSSR count). The van der Waals surface area contributed by atoms with Crippen molar-refractivity contribution in [2.45, 2.75) is 5.85 Å². The third-order valence-electron chi connectivity index (χ3n) is 0.604. The Hall–Kier alpha value is -0.740. The maximum atomic E-state index is 8.62. The highest BCUT2D eigenvalue weighted by molar-refractivity contribution is 4.98. The Morgan fingerprint density at radius 3 is 2.57 bits per heavy atom. The van der Waals surface area contributed by atoms with E-state index in [1.807, 2.05) is 0 Å². The van der Waals surface area contributed by atoms with Gasteiger partial charge in [0.05, 0.1) is 6.20 Å². The van der Waals surface area contributed by atoms with Crippen LogP contribution >= 0.6 is 0 Å². The largest absolute Gasteiger partial charge is 0.353 e. The monoisotopic (exact) mass is 99.0 g/mol. The number of aliphatic hydroxyl groups is 1. The lowest BCUT2D eigenvalue weighted by atomic mass is 10.5. The van der Waals surface area contributed by atoms with Crippen molar-refractivity contribution in [3.05, 3.63) is 12.3 Å². The first-order valence-electron chi connectivity index (χ1n) is 1.82. The molecule has 1 atom stereocenters. The van der Waals surface area contributed by atoms with E-state index < -0.39 is 5.85 Å². The van der Waals surface area contributed by atoms with Crippen LogP contribution in [0, 0.1) is 0 Å². The predicted octanol–water partition coefficient (Wildman–Crippen LogP) is -0.429. The van der Waals surface area contributed by atoms with Crippen LogP contribution in [0.4, 0.5) is 0 Å². The van der Waals surface area contributed by atoms with Crippen molar-refractivity contribution >= 4 is 0 Å². The lowest BCUT2D eigenvalue weighted by Gasteiger charge is -2.03. The smallest absolute Gasteiger partial charge is 0.252 e. The topological polar surface area (TPSA) is 71.0 Å². The maximum Gasteiger partial charge on any atom is 0.252 e. The predicted molar refractivity (Wildman–Crippen MR) is 23.1 cm³/mol. The lowest BCUT2D eigenvalue weighted by Crippen LogP contribution is -2.32. The average molecular weight is 99.1 g/mol. The molecule has 3 N–H and O–H groups in total. The van der Waals surface area contributed by atoms with E-state index in [-0.39, 0.29) is 0 Å². The molecular weight excluding hydrogens is 94.1 g/mol. The molecule has 0 spiro atoms. The normalized spacial score (nSPS) is 37.4. The van der Waals surface area contributed by atoms with Crippen LogP contribution in [-0.2, 0) is 0 Å². The number of nitrogens with zero attached hydrogens (tertiary/aromatic N) is 2. The molecule has 7 heavy (non-hydrogen) atoms. The van der Waals surface area contributed by atoms with E-state index in [0.29, 0.717) is 0 Å². The molecule has 0 unspecified atom stereocenters. The summed E-state index contributed by atoms with van der Waals surface area (Å²) in [7, 11) is 0. The van der Waals surface area contributed by atoms with Gasteiger partial charge in [-0.1, -0.05) is 0 Å². The molecule has 0 aromatic rings. The summed E-state index contributed by atoms with van der Waals surface area (Å²) in [5.74, 6) is -1.53. The second kappa shape index (κ2) is 1.11. The lowest BCUT2D eigenvalue weighted by molar-refractivity contribution is 0.107. The van der Waals surface area contributed by atoms with Crippen molar-refractivity contribution in [2.75, 3.05) is 0 Å². The fourth-order valence-corrected chi connectivity index (χ4v) is 0.302.